The Hall–Kier alpha value is -1.09. The van der Waals surface area contributed by atoms with E-state index in [4.69, 9.17) is 4.74 Å². The minimum absolute atomic E-state index is 0.688. The van der Waals surface area contributed by atoms with Crippen molar-refractivity contribution in [3.63, 3.8) is 0 Å². The molecule has 0 unspecified atom stereocenters. The number of ether oxygens (including phenoxy) is 1. The van der Waals surface area contributed by atoms with Crippen LogP contribution in [0.3, 0.4) is 0 Å². The Morgan fingerprint density at radius 3 is 2.93 bits per heavy atom. The molecule has 0 saturated heterocycles. The van der Waals surface area contributed by atoms with Gasteiger partial charge in [0.15, 0.2) is 0 Å². The van der Waals surface area contributed by atoms with E-state index in [1.54, 1.807) is 0 Å². The number of nitrogens with one attached hydrogen (secondary N) is 1. The Morgan fingerprint density at radius 1 is 1.50 bits per heavy atom. The van der Waals surface area contributed by atoms with Crippen molar-refractivity contribution in [3.05, 3.63) is 23.9 Å². The van der Waals surface area contributed by atoms with E-state index in [9.17, 15) is 0 Å². The van der Waals surface area contributed by atoms with Crippen LogP contribution in [-0.2, 0) is 11.3 Å². The molecule has 0 atom stereocenters. The number of hydrogen-bond donors (Lipinski definition) is 1. The second-order valence-corrected chi connectivity index (χ2v) is 3.76. The minimum atomic E-state index is 0.688. The van der Waals surface area contributed by atoms with Gasteiger partial charge < -0.3 is 10.1 Å². The Bertz CT molecular complexity index is 280. The molecular weight excluding hydrogens is 176 g/mol. The van der Waals surface area contributed by atoms with E-state index < -0.39 is 0 Å². The molecule has 1 aliphatic carbocycles. The van der Waals surface area contributed by atoms with E-state index in [2.05, 4.69) is 10.3 Å². The molecule has 1 heterocycles. The fourth-order valence-electron chi connectivity index (χ4n) is 1.29. The van der Waals surface area contributed by atoms with Crippen LogP contribution >= 0.6 is 0 Å². The summed E-state index contributed by atoms with van der Waals surface area (Å²) in [6, 6.07) is 4.02. The van der Waals surface area contributed by atoms with Crippen molar-refractivity contribution < 1.29 is 4.74 Å². The molecule has 1 aromatic rings. The van der Waals surface area contributed by atoms with Gasteiger partial charge in [0.1, 0.15) is 5.82 Å². The standard InChI is InChI=1S/C11H16N2O/c1-12-11-5-4-10(6-13-11)8-14-7-9-2-3-9/h4-6,9H,2-3,7-8H2,1H3,(H,12,13). The molecule has 0 radical (unpaired) electrons. The molecule has 0 amide bonds. The molecule has 3 heteroatoms. The first-order valence-corrected chi connectivity index (χ1v) is 5.09. The predicted molar refractivity (Wildman–Crippen MR) is 56.2 cm³/mol. The third-order valence-corrected chi connectivity index (χ3v) is 2.40. The van der Waals surface area contributed by atoms with Gasteiger partial charge in [-0.05, 0) is 30.4 Å². The van der Waals surface area contributed by atoms with E-state index in [1.165, 1.54) is 12.8 Å². The summed E-state index contributed by atoms with van der Waals surface area (Å²) in [7, 11) is 1.87. The molecule has 1 aliphatic rings. The maximum Gasteiger partial charge on any atom is 0.125 e. The smallest absolute Gasteiger partial charge is 0.125 e. The zero-order valence-electron chi connectivity index (χ0n) is 8.49. The van der Waals surface area contributed by atoms with Crippen LogP contribution < -0.4 is 5.32 Å². The second kappa shape index (κ2) is 4.42. The van der Waals surface area contributed by atoms with Crippen LogP contribution in [0.5, 0.6) is 0 Å². The SMILES string of the molecule is CNc1ccc(COCC2CC2)cn1. The van der Waals surface area contributed by atoms with Gasteiger partial charge in [0.25, 0.3) is 0 Å². The fraction of sp³-hybridized carbons (Fsp3) is 0.545. The molecule has 1 aromatic heterocycles. The summed E-state index contributed by atoms with van der Waals surface area (Å²) in [5, 5.41) is 2.99. The fourth-order valence-corrected chi connectivity index (χ4v) is 1.29. The maximum absolute atomic E-state index is 5.56. The van der Waals surface area contributed by atoms with Crippen LogP contribution in [0.1, 0.15) is 18.4 Å². The first-order valence-electron chi connectivity index (χ1n) is 5.09. The number of rotatable bonds is 5. The Morgan fingerprint density at radius 2 is 2.36 bits per heavy atom. The first kappa shape index (κ1) is 9.46. The Labute approximate surface area is 84.5 Å². The van der Waals surface area contributed by atoms with Crippen LogP contribution in [0.15, 0.2) is 18.3 Å². The molecule has 3 nitrogen and oxygen atoms in total. The minimum Gasteiger partial charge on any atom is -0.376 e. The van der Waals surface area contributed by atoms with Crippen LogP contribution in [0.25, 0.3) is 0 Å². The normalized spacial score (nSPS) is 15.5. The Kier molecular flexibility index (Phi) is 2.99. The van der Waals surface area contributed by atoms with Gasteiger partial charge in [0.2, 0.25) is 0 Å². The first-order chi connectivity index (χ1) is 6.88. The van der Waals surface area contributed by atoms with Crippen molar-refractivity contribution >= 4 is 5.82 Å². The van der Waals surface area contributed by atoms with Gasteiger partial charge in [-0.15, -0.1) is 0 Å². The monoisotopic (exact) mass is 192 g/mol. The van der Waals surface area contributed by atoms with Crippen molar-refractivity contribution in [1.82, 2.24) is 4.98 Å². The van der Waals surface area contributed by atoms with Gasteiger partial charge in [-0.3, -0.25) is 0 Å². The summed E-state index contributed by atoms with van der Waals surface area (Å²) in [5.74, 6) is 1.73. The maximum atomic E-state index is 5.56. The third kappa shape index (κ3) is 2.70. The molecule has 0 aliphatic heterocycles. The van der Waals surface area contributed by atoms with E-state index in [0.717, 1.165) is 23.9 Å². The highest BCUT2D eigenvalue weighted by molar-refractivity contribution is 5.34. The number of aromatic nitrogens is 1. The molecule has 14 heavy (non-hydrogen) atoms. The van der Waals surface area contributed by atoms with Gasteiger partial charge in [0.05, 0.1) is 6.61 Å². The topological polar surface area (TPSA) is 34.1 Å². The number of pyridine rings is 1. The highest BCUT2D eigenvalue weighted by Crippen LogP contribution is 2.29. The lowest BCUT2D eigenvalue weighted by Gasteiger charge is -2.03. The molecule has 0 aromatic carbocycles. The largest absolute Gasteiger partial charge is 0.376 e. The Balaban J connectivity index is 1.77. The van der Waals surface area contributed by atoms with Gasteiger partial charge in [-0.1, -0.05) is 6.07 Å². The van der Waals surface area contributed by atoms with Crippen LogP contribution in [0, 0.1) is 5.92 Å². The summed E-state index contributed by atoms with van der Waals surface area (Å²) >= 11 is 0. The molecule has 1 N–H and O–H groups in total. The lowest BCUT2D eigenvalue weighted by Crippen LogP contribution is -1.98. The lowest BCUT2D eigenvalue weighted by atomic mass is 10.3. The number of hydrogen-bond acceptors (Lipinski definition) is 3. The quantitative estimate of drug-likeness (QED) is 0.775. The van der Waals surface area contributed by atoms with Crippen LogP contribution in [0.2, 0.25) is 0 Å². The van der Waals surface area contributed by atoms with Crippen molar-refractivity contribution in [2.24, 2.45) is 5.92 Å². The van der Waals surface area contributed by atoms with E-state index in [1.807, 2.05) is 25.4 Å². The van der Waals surface area contributed by atoms with Crippen molar-refractivity contribution in [1.29, 1.82) is 0 Å². The number of nitrogens with zero attached hydrogens (tertiary/aromatic N) is 1. The summed E-state index contributed by atoms with van der Waals surface area (Å²) in [5.41, 5.74) is 1.14. The molecule has 0 bridgehead atoms. The summed E-state index contributed by atoms with van der Waals surface area (Å²) in [6.45, 7) is 1.60. The molecule has 0 spiro atoms. The van der Waals surface area contributed by atoms with Gasteiger partial charge in [-0.25, -0.2) is 4.98 Å². The van der Waals surface area contributed by atoms with Crippen LogP contribution in [-0.4, -0.2) is 18.6 Å². The average molecular weight is 192 g/mol. The van der Waals surface area contributed by atoms with Crippen molar-refractivity contribution in [2.45, 2.75) is 19.4 Å². The highest BCUT2D eigenvalue weighted by Gasteiger charge is 2.20. The third-order valence-electron chi connectivity index (χ3n) is 2.40. The molecule has 1 fully saturated rings. The van der Waals surface area contributed by atoms with Gasteiger partial charge >= 0.3 is 0 Å². The van der Waals surface area contributed by atoms with Crippen LogP contribution in [0.4, 0.5) is 5.82 Å². The summed E-state index contributed by atoms with van der Waals surface area (Å²) < 4.78 is 5.56. The highest BCUT2D eigenvalue weighted by atomic mass is 16.5. The van der Waals surface area contributed by atoms with E-state index >= 15 is 0 Å². The van der Waals surface area contributed by atoms with Gasteiger partial charge in [0, 0.05) is 19.9 Å². The summed E-state index contributed by atoms with van der Waals surface area (Å²) in [6.07, 6.45) is 4.55. The molecule has 76 valence electrons. The van der Waals surface area contributed by atoms with Gasteiger partial charge in [-0.2, -0.15) is 0 Å². The second-order valence-electron chi connectivity index (χ2n) is 3.76. The van der Waals surface area contributed by atoms with E-state index in [-0.39, 0.29) is 0 Å². The zero-order valence-corrected chi connectivity index (χ0v) is 8.49. The van der Waals surface area contributed by atoms with Crippen molar-refractivity contribution in [2.75, 3.05) is 19.0 Å². The molecule has 1 saturated carbocycles. The predicted octanol–water partition coefficient (Wildman–Crippen LogP) is 2.05. The number of anilines is 1. The zero-order chi connectivity index (χ0) is 9.80. The average Bonchev–Trinajstić information content (AvgIpc) is 3.03. The van der Waals surface area contributed by atoms with Crippen molar-refractivity contribution in [3.8, 4) is 0 Å². The molecular formula is C11H16N2O. The summed E-state index contributed by atoms with van der Waals surface area (Å²) in [4.78, 5) is 4.22. The van der Waals surface area contributed by atoms with E-state index in [0.29, 0.717) is 6.61 Å². The lowest BCUT2D eigenvalue weighted by molar-refractivity contribution is 0.111. The molecule has 2 rings (SSSR count).